The number of rotatable bonds is 1. The molecule has 1 amide bonds. The van der Waals surface area contributed by atoms with Gasteiger partial charge in [-0.1, -0.05) is 6.07 Å². The Morgan fingerprint density at radius 3 is 2.59 bits per heavy atom. The van der Waals surface area contributed by atoms with Crippen molar-refractivity contribution < 1.29 is 9.53 Å². The highest BCUT2D eigenvalue weighted by atomic mass is 16.6. The molecule has 0 fully saturated rings. The summed E-state index contributed by atoms with van der Waals surface area (Å²) in [5.74, 6) is 0. The molecule has 90 valence electrons. The van der Waals surface area contributed by atoms with E-state index in [-0.39, 0.29) is 0 Å². The van der Waals surface area contributed by atoms with Crippen molar-refractivity contribution in [3.63, 3.8) is 0 Å². The van der Waals surface area contributed by atoms with Gasteiger partial charge in [0.05, 0.1) is 11.6 Å². The first-order valence-corrected chi connectivity index (χ1v) is 5.32. The van der Waals surface area contributed by atoms with Crippen molar-refractivity contribution >= 4 is 11.8 Å². The molecule has 17 heavy (non-hydrogen) atoms. The van der Waals surface area contributed by atoms with Crippen LogP contribution in [0.15, 0.2) is 18.2 Å². The Morgan fingerprint density at radius 1 is 1.41 bits per heavy atom. The van der Waals surface area contributed by atoms with Gasteiger partial charge in [-0.2, -0.15) is 5.26 Å². The fraction of sp³-hybridized carbons (Fsp3) is 0.385. The topological polar surface area (TPSA) is 62.1 Å². The molecule has 0 unspecified atom stereocenters. The number of nitrogens with one attached hydrogen (secondary N) is 1. The van der Waals surface area contributed by atoms with E-state index in [2.05, 4.69) is 11.4 Å². The van der Waals surface area contributed by atoms with Gasteiger partial charge >= 0.3 is 6.09 Å². The van der Waals surface area contributed by atoms with E-state index in [1.165, 1.54) is 0 Å². The molecule has 1 rings (SSSR count). The van der Waals surface area contributed by atoms with Gasteiger partial charge in [-0.05, 0) is 45.4 Å². The zero-order valence-corrected chi connectivity index (χ0v) is 10.5. The summed E-state index contributed by atoms with van der Waals surface area (Å²) in [5.41, 5.74) is 1.44. The molecule has 0 aliphatic rings. The van der Waals surface area contributed by atoms with Crippen LogP contribution in [0.25, 0.3) is 0 Å². The quantitative estimate of drug-likeness (QED) is 0.808. The Kier molecular flexibility index (Phi) is 3.74. The molecule has 0 saturated carbocycles. The third-order valence-corrected chi connectivity index (χ3v) is 2.00. The Bertz CT molecular complexity index is 467. The standard InChI is InChI=1S/C13H16N2O2/c1-9-5-6-11(7-10(9)8-14)15-12(16)17-13(2,3)4/h5-7H,1-4H3,(H,15,16). The molecular formula is C13H16N2O2. The maximum absolute atomic E-state index is 11.5. The molecule has 1 aromatic carbocycles. The van der Waals surface area contributed by atoms with E-state index < -0.39 is 11.7 Å². The molecule has 0 aliphatic carbocycles. The van der Waals surface area contributed by atoms with Gasteiger partial charge in [0, 0.05) is 5.69 Å². The smallest absolute Gasteiger partial charge is 0.412 e. The fourth-order valence-corrected chi connectivity index (χ4v) is 1.24. The molecule has 0 radical (unpaired) electrons. The van der Waals surface area contributed by atoms with Crippen molar-refractivity contribution in [3.8, 4) is 6.07 Å². The van der Waals surface area contributed by atoms with E-state index in [4.69, 9.17) is 10.00 Å². The van der Waals surface area contributed by atoms with Gasteiger partial charge in [0.2, 0.25) is 0 Å². The lowest BCUT2D eigenvalue weighted by molar-refractivity contribution is 0.0636. The zero-order chi connectivity index (χ0) is 13.1. The maximum Gasteiger partial charge on any atom is 0.412 e. The molecule has 4 nitrogen and oxygen atoms in total. The number of ether oxygens (including phenoxy) is 1. The number of nitrogens with zero attached hydrogens (tertiary/aromatic N) is 1. The molecule has 0 aromatic heterocycles. The number of benzene rings is 1. The second kappa shape index (κ2) is 4.88. The summed E-state index contributed by atoms with van der Waals surface area (Å²) in [6.07, 6.45) is -0.523. The molecule has 0 spiro atoms. The number of hydrogen-bond donors (Lipinski definition) is 1. The first-order chi connectivity index (χ1) is 7.81. The summed E-state index contributed by atoms with van der Waals surface area (Å²) in [5, 5.41) is 11.5. The van der Waals surface area contributed by atoms with Crippen LogP contribution in [0.5, 0.6) is 0 Å². The van der Waals surface area contributed by atoms with Crippen LogP contribution in [-0.2, 0) is 4.74 Å². The van der Waals surface area contributed by atoms with Gasteiger partial charge in [-0.3, -0.25) is 5.32 Å². The van der Waals surface area contributed by atoms with Gasteiger partial charge in [0.15, 0.2) is 0 Å². The number of anilines is 1. The number of hydrogen-bond acceptors (Lipinski definition) is 3. The van der Waals surface area contributed by atoms with E-state index in [0.29, 0.717) is 11.3 Å². The fourth-order valence-electron chi connectivity index (χ4n) is 1.24. The van der Waals surface area contributed by atoms with Crippen molar-refractivity contribution in [1.82, 2.24) is 0 Å². The molecule has 0 atom stereocenters. The highest BCUT2D eigenvalue weighted by Crippen LogP contribution is 2.16. The van der Waals surface area contributed by atoms with E-state index >= 15 is 0 Å². The third kappa shape index (κ3) is 4.15. The van der Waals surface area contributed by atoms with Crippen LogP contribution in [0, 0.1) is 18.3 Å². The van der Waals surface area contributed by atoms with Gasteiger partial charge in [-0.15, -0.1) is 0 Å². The van der Waals surface area contributed by atoms with Crippen molar-refractivity contribution in [1.29, 1.82) is 5.26 Å². The van der Waals surface area contributed by atoms with Crippen LogP contribution >= 0.6 is 0 Å². The van der Waals surface area contributed by atoms with Crippen molar-refractivity contribution in [3.05, 3.63) is 29.3 Å². The average molecular weight is 232 g/mol. The molecule has 4 heteroatoms. The molecule has 1 N–H and O–H groups in total. The molecule has 0 bridgehead atoms. The molecule has 0 heterocycles. The lowest BCUT2D eigenvalue weighted by Crippen LogP contribution is -2.27. The summed E-state index contributed by atoms with van der Waals surface area (Å²) < 4.78 is 5.11. The van der Waals surface area contributed by atoms with E-state index in [9.17, 15) is 4.79 Å². The normalized spacial score (nSPS) is 10.5. The summed E-state index contributed by atoms with van der Waals surface area (Å²) in [7, 11) is 0. The van der Waals surface area contributed by atoms with Gasteiger partial charge in [0.1, 0.15) is 5.60 Å². The summed E-state index contributed by atoms with van der Waals surface area (Å²) in [6, 6.07) is 7.21. The summed E-state index contributed by atoms with van der Waals surface area (Å²) >= 11 is 0. The second-order valence-electron chi connectivity index (χ2n) is 4.77. The van der Waals surface area contributed by atoms with Crippen molar-refractivity contribution in [2.45, 2.75) is 33.3 Å². The Morgan fingerprint density at radius 2 is 2.06 bits per heavy atom. The molecular weight excluding hydrogens is 216 g/mol. The second-order valence-corrected chi connectivity index (χ2v) is 4.77. The third-order valence-electron chi connectivity index (χ3n) is 2.00. The van der Waals surface area contributed by atoms with Crippen LogP contribution < -0.4 is 5.32 Å². The number of aryl methyl sites for hydroxylation is 1. The largest absolute Gasteiger partial charge is 0.444 e. The molecule has 0 saturated heterocycles. The van der Waals surface area contributed by atoms with Gasteiger partial charge in [-0.25, -0.2) is 4.79 Å². The van der Waals surface area contributed by atoms with E-state index in [0.717, 1.165) is 5.56 Å². The highest BCUT2D eigenvalue weighted by Gasteiger charge is 2.16. The number of nitriles is 1. The SMILES string of the molecule is Cc1ccc(NC(=O)OC(C)(C)C)cc1C#N. The number of carbonyl (C=O) groups is 1. The first kappa shape index (κ1) is 13.0. The lowest BCUT2D eigenvalue weighted by Gasteiger charge is -2.19. The monoisotopic (exact) mass is 232 g/mol. The molecule has 1 aromatic rings. The van der Waals surface area contributed by atoms with E-state index in [1.54, 1.807) is 39.0 Å². The maximum atomic E-state index is 11.5. The minimum Gasteiger partial charge on any atom is -0.444 e. The van der Waals surface area contributed by atoms with Crippen molar-refractivity contribution in [2.75, 3.05) is 5.32 Å². The Labute approximate surface area is 101 Å². The number of carbonyl (C=O) groups excluding carboxylic acids is 1. The van der Waals surface area contributed by atoms with Crippen molar-refractivity contribution in [2.24, 2.45) is 0 Å². The zero-order valence-electron chi connectivity index (χ0n) is 10.5. The lowest BCUT2D eigenvalue weighted by atomic mass is 10.1. The summed E-state index contributed by atoms with van der Waals surface area (Å²) in [4.78, 5) is 11.5. The van der Waals surface area contributed by atoms with Crippen LogP contribution in [0.2, 0.25) is 0 Å². The Hall–Kier alpha value is -2.02. The Balaban J connectivity index is 2.77. The highest BCUT2D eigenvalue weighted by molar-refractivity contribution is 5.85. The average Bonchev–Trinajstić information content (AvgIpc) is 2.18. The predicted molar refractivity (Wildman–Crippen MR) is 65.8 cm³/mol. The van der Waals surface area contributed by atoms with Gasteiger partial charge < -0.3 is 4.74 Å². The van der Waals surface area contributed by atoms with Crippen LogP contribution in [0.4, 0.5) is 10.5 Å². The minimum atomic E-state index is -0.535. The predicted octanol–water partition coefficient (Wildman–Crippen LogP) is 3.21. The van der Waals surface area contributed by atoms with Gasteiger partial charge in [0.25, 0.3) is 0 Å². The van der Waals surface area contributed by atoms with Crippen LogP contribution in [-0.4, -0.2) is 11.7 Å². The number of amides is 1. The molecule has 0 aliphatic heterocycles. The van der Waals surface area contributed by atoms with E-state index in [1.807, 2.05) is 6.92 Å². The van der Waals surface area contributed by atoms with Crippen LogP contribution in [0.1, 0.15) is 31.9 Å². The minimum absolute atomic E-state index is 0.523. The first-order valence-electron chi connectivity index (χ1n) is 5.32. The summed E-state index contributed by atoms with van der Waals surface area (Å²) in [6.45, 7) is 7.23. The van der Waals surface area contributed by atoms with Crippen LogP contribution in [0.3, 0.4) is 0 Å².